The molecule has 0 aliphatic carbocycles. The quantitative estimate of drug-likeness (QED) is 0.497. The first kappa shape index (κ1) is 14.3. The van der Waals surface area contributed by atoms with E-state index in [4.69, 9.17) is 0 Å². The van der Waals surface area contributed by atoms with Gasteiger partial charge in [0.25, 0.3) is 0 Å². The summed E-state index contributed by atoms with van der Waals surface area (Å²) in [7, 11) is -4.75. The molecule has 0 fully saturated rings. The molecule has 0 amide bonds. The van der Waals surface area contributed by atoms with Gasteiger partial charge < -0.3 is 4.18 Å². The number of rotatable bonds is 3. The van der Waals surface area contributed by atoms with Gasteiger partial charge in [0, 0.05) is 6.07 Å². The predicted octanol–water partition coefficient (Wildman–Crippen LogP) is 3.01. The third-order valence-corrected chi connectivity index (χ3v) is 3.54. The second-order valence-electron chi connectivity index (χ2n) is 3.67. The maximum absolute atomic E-state index is 13.4. The van der Waals surface area contributed by atoms with Crippen molar-refractivity contribution in [3.8, 4) is 5.75 Å². The van der Waals surface area contributed by atoms with Gasteiger partial charge in [0.05, 0.1) is 0 Å². The van der Waals surface area contributed by atoms with Crippen LogP contribution in [0.5, 0.6) is 5.75 Å². The molecule has 8 heteroatoms. The molecule has 2 rings (SSSR count). The number of hydrogen-bond donors (Lipinski definition) is 0. The Hall–Kier alpha value is -2.09. The second kappa shape index (κ2) is 5.12. The van der Waals surface area contributed by atoms with E-state index < -0.39 is 44.0 Å². The summed E-state index contributed by atoms with van der Waals surface area (Å²) in [6.45, 7) is 0. The van der Waals surface area contributed by atoms with Gasteiger partial charge in [-0.05, 0) is 24.3 Å². The van der Waals surface area contributed by atoms with Crippen molar-refractivity contribution in [2.75, 3.05) is 0 Å². The van der Waals surface area contributed by atoms with Crippen LogP contribution in [0, 0.1) is 23.3 Å². The van der Waals surface area contributed by atoms with Gasteiger partial charge in [-0.3, -0.25) is 0 Å². The first-order valence-corrected chi connectivity index (χ1v) is 6.55. The summed E-state index contributed by atoms with van der Waals surface area (Å²) in [4.78, 5) is -1.18. The maximum atomic E-state index is 13.4. The molecule has 106 valence electrons. The van der Waals surface area contributed by atoms with Crippen molar-refractivity contribution in [2.24, 2.45) is 0 Å². The zero-order valence-electron chi connectivity index (χ0n) is 9.61. The Bertz CT molecular complexity index is 759. The van der Waals surface area contributed by atoms with Gasteiger partial charge in [-0.1, -0.05) is 6.07 Å². The molecule has 3 nitrogen and oxygen atoms in total. The lowest BCUT2D eigenvalue weighted by Gasteiger charge is -2.08. The summed E-state index contributed by atoms with van der Waals surface area (Å²) in [6, 6.07) is 5.02. The maximum Gasteiger partial charge on any atom is 0.342 e. The lowest BCUT2D eigenvalue weighted by molar-refractivity contribution is 0.423. The summed E-state index contributed by atoms with van der Waals surface area (Å²) >= 11 is 0. The van der Waals surface area contributed by atoms with Crippen molar-refractivity contribution in [1.82, 2.24) is 0 Å². The zero-order valence-corrected chi connectivity index (χ0v) is 10.4. The summed E-state index contributed by atoms with van der Waals surface area (Å²) < 4.78 is 79.9. The van der Waals surface area contributed by atoms with Gasteiger partial charge in [0.2, 0.25) is 0 Å². The van der Waals surface area contributed by atoms with Crippen LogP contribution in [0.3, 0.4) is 0 Å². The van der Waals surface area contributed by atoms with Crippen LogP contribution in [0.1, 0.15) is 0 Å². The van der Waals surface area contributed by atoms with Crippen molar-refractivity contribution in [3.63, 3.8) is 0 Å². The molecule has 2 aromatic carbocycles. The number of hydrogen-bond acceptors (Lipinski definition) is 3. The molecule has 0 bridgehead atoms. The van der Waals surface area contributed by atoms with E-state index in [2.05, 4.69) is 4.18 Å². The molecule has 0 heterocycles. The summed E-state index contributed by atoms with van der Waals surface area (Å²) in [5.41, 5.74) is 0. The summed E-state index contributed by atoms with van der Waals surface area (Å²) in [5, 5.41) is 0. The monoisotopic (exact) mass is 306 g/mol. The molecule has 0 saturated carbocycles. The fraction of sp³-hybridized carbons (Fsp3) is 0. The van der Waals surface area contributed by atoms with Crippen molar-refractivity contribution < 1.29 is 30.2 Å². The minimum atomic E-state index is -4.75. The molecule has 0 aliphatic heterocycles. The Labute approximate surface area is 111 Å². The van der Waals surface area contributed by atoms with Crippen LogP contribution in [-0.2, 0) is 10.1 Å². The largest absolute Gasteiger partial charge is 0.379 e. The Kier molecular flexibility index (Phi) is 3.67. The van der Waals surface area contributed by atoms with Crippen molar-refractivity contribution in [1.29, 1.82) is 0 Å². The van der Waals surface area contributed by atoms with Crippen molar-refractivity contribution in [3.05, 3.63) is 59.7 Å². The molecule has 20 heavy (non-hydrogen) atoms. The van der Waals surface area contributed by atoms with Crippen LogP contribution in [-0.4, -0.2) is 8.42 Å². The van der Waals surface area contributed by atoms with Gasteiger partial charge in [0.15, 0.2) is 17.5 Å². The van der Waals surface area contributed by atoms with E-state index in [-0.39, 0.29) is 0 Å². The molecule has 2 aromatic rings. The average Bonchev–Trinajstić information content (AvgIpc) is 2.35. The highest BCUT2D eigenvalue weighted by atomic mass is 32.2. The first-order chi connectivity index (χ1) is 9.31. The number of halogens is 4. The number of benzene rings is 2. The molecule has 0 saturated heterocycles. The second-order valence-corrected chi connectivity index (χ2v) is 5.18. The van der Waals surface area contributed by atoms with Crippen molar-refractivity contribution in [2.45, 2.75) is 4.90 Å². The Morgan fingerprint density at radius 1 is 0.900 bits per heavy atom. The average molecular weight is 306 g/mol. The van der Waals surface area contributed by atoms with Crippen LogP contribution in [0.25, 0.3) is 0 Å². The van der Waals surface area contributed by atoms with E-state index in [1.807, 2.05) is 0 Å². The van der Waals surface area contributed by atoms with E-state index in [0.29, 0.717) is 12.1 Å². The molecule has 0 atom stereocenters. The zero-order chi connectivity index (χ0) is 14.9. The highest BCUT2D eigenvalue weighted by Crippen LogP contribution is 2.23. The van der Waals surface area contributed by atoms with Crippen molar-refractivity contribution >= 4 is 10.1 Å². The fourth-order valence-corrected chi connectivity index (χ4v) is 2.38. The highest BCUT2D eigenvalue weighted by Gasteiger charge is 2.26. The minimum Gasteiger partial charge on any atom is -0.379 e. The van der Waals surface area contributed by atoms with E-state index in [1.165, 1.54) is 6.07 Å². The van der Waals surface area contributed by atoms with Gasteiger partial charge in [0.1, 0.15) is 16.5 Å². The summed E-state index contributed by atoms with van der Waals surface area (Å²) in [6.07, 6.45) is 0. The van der Waals surface area contributed by atoms with E-state index in [1.54, 1.807) is 0 Å². The van der Waals surface area contributed by atoms with E-state index >= 15 is 0 Å². The van der Waals surface area contributed by atoms with Gasteiger partial charge in [-0.2, -0.15) is 8.42 Å². The summed E-state index contributed by atoms with van der Waals surface area (Å²) in [5.74, 6) is -6.57. The standard InChI is InChI=1S/C12H6F4O3S/c13-7-2-1-3-8(6-7)19-20(17,18)10-5-4-9(14)11(15)12(10)16/h1-6H. The van der Waals surface area contributed by atoms with Gasteiger partial charge >= 0.3 is 10.1 Å². The molecule has 0 radical (unpaired) electrons. The normalized spacial score (nSPS) is 11.4. The van der Waals surface area contributed by atoms with Crippen LogP contribution >= 0.6 is 0 Å². The molecule has 0 spiro atoms. The predicted molar refractivity (Wildman–Crippen MR) is 60.5 cm³/mol. The van der Waals surface area contributed by atoms with Gasteiger partial charge in [-0.25, -0.2) is 17.6 Å². The Morgan fingerprint density at radius 3 is 2.25 bits per heavy atom. The lowest BCUT2D eigenvalue weighted by Crippen LogP contribution is -2.13. The van der Waals surface area contributed by atoms with Gasteiger partial charge in [-0.15, -0.1) is 0 Å². The SMILES string of the molecule is O=S(=O)(Oc1cccc(F)c1)c1ccc(F)c(F)c1F. The Balaban J connectivity index is 2.44. The van der Waals surface area contributed by atoms with Crippen LogP contribution < -0.4 is 4.18 Å². The lowest BCUT2D eigenvalue weighted by atomic mass is 10.3. The molecular weight excluding hydrogens is 300 g/mol. The first-order valence-electron chi connectivity index (χ1n) is 5.15. The fourth-order valence-electron chi connectivity index (χ4n) is 1.39. The molecule has 0 N–H and O–H groups in total. The van der Waals surface area contributed by atoms with E-state index in [9.17, 15) is 26.0 Å². The minimum absolute atomic E-state index is 0.422. The van der Waals surface area contributed by atoms with Crippen LogP contribution in [0.2, 0.25) is 0 Å². The molecule has 0 aromatic heterocycles. The molecule has 0 aliphatic rings. The third kappa shape index (κ3) is 2.74. The smallest absolute Gasteiger partial charge is 0.342 e. The molecule has 0 unspecified atom stereocenters. The molecular formula is C12H6F4O3S. The van der Waals surface area contributed by atoms with Crippen LogP contribution in [0.15, 0.2) is 41.3 Å². The van der Waals surface area contributed by atoms with Crippen LogP contribution in [0.4, 0.5) is 17.6 Å². The Morgan fingerprint density at radius 2 is 1.60 bits per heavy atom. The topological polar surface area (TPSA) is 43.4 Å². The third-order valence-electron chi connectivity index (χ3n) is 2.27. The highest BCUT2D eigenvalue weighted by molar-refractivity contribution is 7.87. The van der Waals surface area contributed by atoms with E-state index in [0.717, 1.165) is 18.2 Å².